The van der Waals surface area contributed by atoms with Crippen LogP contribution in [-0.4, -0.2) is 6.04 Å². The monoisotopic (exact) mass is 245 g/mol. The summed E-state index contributed by atoms with van der Waals surface area (Å²) in [5.74, 6) is 0. The summed E-state index contributed by atoms with van der Waals surface area (Å²) in [4.78, 5) is 0. The third-order valence-corrected chi connectivity index (χ3v) is 4.24. The van der Waals surface area contributed by atoms with Crippen LogP contribution in [0.15, 0.2) is 18.2 Å². The SMILES string of the molecule is Cc1ccc(C)c(C(C)NC2CCCCCC2)c1. The minimum Gasteiger partial charge on any atom is -0.307 e. The molecule has 0 aliphatic heterocycles. The van der Waals surface area contributed by atoms with Gasteiger partial charge in [-0.2, -0.15) is 0 Å². The highest BCUT2D eigenvalue weighted by Crippen LogP contribution is 2.23. The summed E-state index contributed by atoms with van der Waals surface area (Å²) in [6, 6.07) is 7.99. The van der Waals surface area contributed by atoms with Crippen LogP contribution in [-0.2, 0) is 0 Å². The summed E-state index contributed by atoms with van der Waals surface area (Å²) in [6.07, 6.45) is 8.37. The number of hydrogen-bond acceptors (Lipinski definition) is 1. The van der Waals surface area contributed by atoms with E-state index in [1.807, 2.05) is 0 Å². The Hall–Kier alpha value is -0.820. The van der Waals surface area contributed by atoms with Crippen molar-refractivity contribution in [3.8, 4) is 0 Å². The first-order valence-electron chi connectivity index (χ1n) is 7.50. The third kappa shape index (κ3) is 3.58. The Morgan fingerprint density at radius 1 is 1.06 bits per heavy atom. The topological polar surface area (TPSA) is 12.0 Å². The molecule has 1 heteroatoms. The lowest BCUT2D eigenvalue weighted by atomic mass is 9.98. The summed E-state index contributed by atoms with van der Waals surface area (Å²) >= 11 is 0. The molecule has 1 fully saturated rings. The molecule has 0 radical (unpaired) electrons. The molecule has 0 heterocycles. The van der Waals surface area contributed by atoms with E-state index in [2.05, 4.69) is 44.3 Å². The fourth-order valence-electron chi connectivity index (χ4n) is 3.12. The van der Waals surface area contributed by atoms with Crippen molar-refractivity contribution < 1.29 is 0 Å². The highest BCUT2D eigenvalue weighted by atomic mass is 14.9. The van der Waals surface area contributed by atoms with Crippen LogP contribution in [0.4, 0.5) is 0 Å². The van der Waals surface area contributed by atoms with Gasteiger partial charge in [0.25, 0.3) is 0 Å². The lowest BCUT2D eigenvalue weighted by Gasteiger charge is -2.24. The highest BCUT2D eigenvalue weighted by molar-refractivity contribution is 5.32. The molecule has 100 valence electrons. The summed E-state index contributed by atoms with van der Waals surface area (Å²) in [6.45, 7) is 6.72. The van der Waals surface area contributed by atoms with Gasteiger partial charge in [-0.1, -0.05) is 49.4 Å². The number of benzene rings is 1. The van der Waals surface area contributed by atoms with Crippen LogP contribution in [0, 0.1) is 13.8 Å². The molecular weight excluding hydrogens is 218 g/mol. The van der Waals surface area contributed by atoms with Gasteiger partial charge in [0.15, 0.2) is 0 Å². The second kappa shape index (κ2) is 6.38. The standard InChI is InChI=1S/C17H27N/c1-13-10-11-14(2)17(12-13)15(3)18-16-8-6-4-5-7-9-16/h10-12,15-16,18H,4-9H2,1-3H3. The van der Waals surface area contributed by atoms with Crippen molar-refractivity contribution in [3.05, 3.63) is 34.9 Å². The van der Waals surface area contributed by atoms with Gasteiger partial charge in [-0.25, -0.2) is 0 Å². The third-order valence-electron chi connectivity index (χ3n) is 4.24. The molecule has 1 N–H and O–H groups in total. The highest BCUT2D eigenvalue weighted by Gasteiger charge is 2.16. The minimum atomic E-state index is 0.480. The number of hydrogen-bond donors (Lipinski definition) is 1. The van der Waals surface area contributed by atoms with Gasteiger partial charge in [-0.05, 0) is 44.7 Å². The molecule has 1 atom stereocenters. The van der Waals surface area contributed by atoms with Gasteiger partial charge >= 0.3 is 0 Å². The molecule has 1 unspecified atom stereocenters. The average Bonchev–Trinajstić information content (AvgIpc) is 2.61. The fourth-order valence-corrected chi connectivity index (χ4v) is 3.12. The normalized spacial score (nSPS) is 19.5. The van der Waals surface area contributed by atoms with E-state index in [1.54, 1.807) is 0 Å². The van der Waals surface area contributed by atoms with Crippen LogP contribution in [0.25, 0.3) is 0 Å². The van der Waals surface area contributed by atoms with Crippen molar-refractivity contribution in [2.45, 2.75) is 71.4 Å². The van der Waals surface area contributed by atoms with Gasteiger partial charge in [0.2, 0.25) is 0 Å². The molecule has 1 saturated carbocycles. The van der Waals surface area contributed by atoms with E-state index in [9.17, 15) is 0 Å². The average molecular weight is 245 g/mol. The Morgan fingerprint density at radius 3 is 2.39 bits per heavy atom. The van der Waals surface area contributed by atoms with Gasteiger partial charge in [0.05, 0.1) is 0 Å². The van der Waals surface area contributed by atoms with E-state index in [4.69, 9.17) is 0 Å². The van der Waals surface area contributed by atoms with Crippen molar-refractivity contribution >= 4 is 0 Å². The Bertz CT molecular complexity index is 375. The van der Waals surface area contributed by atoms with Crippen LogP contribution in [0.2, 0.25) is 0 Å². The molecule has 0 amide bonds. The molecule has 0 spiro atoms. The van der Waals surface area contributed by atoms with E-state index in [0.717, 1.165) is 6.04 Å². The first-order chi connectivity index (χ1) is 8.66. The Labute approximate surface area is 112 Å². The summed E-state index contributed by atoms with van der Waals surface area (Å²) < 4.78 is 0. The Balaban J connectivity index is 2.01. The maximum atomic E-state index is 3.84. The summed E-state index contributed by atoms with van der Waals surface area (Å²) in [5, 5.41) is 3.84. The predicted molar refractivity (Wildman–Crippen MR) is 79.0 cm³/mol. The molecule has 0 bridgehead atoms. The molecular formula is C17H27N. The van der Waals surface area contributed by atoms with E-state index < -0.39 is 0 Å². The van der Waals surface area contributed by atoms with Crippen molar-refractivity contribution in [1.29, 1.82) is 0 Å². The van der Waals surface area contributed by atoms with Crippen molar-refractivity contribution in [2.24, 2.45) is 0 Å². The van der Waals surface area contributed by atoms with Gasteiger partial charge in [-0.15, -0.1) is 0 Å². The maximum Gasteiger partial charge on any atom is 0.0297 e. The van der Waals surface area contributed by atoms with Crippen LogP contribution in [0.1, 0.15) is 68.2 Å². The van der Waals surface area contributed by atoms with Crippen LogP contribution in [0.3, 0.4) is 0 Å². The zero-order chi connectivity index (χ0) is 13.0. The van der Waals surface area contributed by atoms with Gasteiger partial charge in [0, 0.05) is 12.1 Å². The minimum absolute atomic E-state index is 0.480. The summed E-state index contributed by atoms with van der Waals surface area (Å²) in [7, 11) is 0. The molecule has 2 rings (SSSR count). The van der Waals surface area contributed by atoms with E-state index in [-0.39, 0.29) is 0 Å². The zero-order valence-electron chi connectivity index (χ0n) is 12.1. The van der Waals surface area contributed by atoms with E-state index >= 15 is 0 Å². The van der Waals surface area contributed by atoms with Crippen LogP contribution in [0.5, 0.6) is 0 Å². The van der Waals surface area contributed by atoms with E-state index in [1.165, 1.54) is 55.2 Å². The van der Waals surface area contributed by atoms with Gasteiger partial charge in [0.1, 0.15) is 0 Å². The lowest BCUT2D eigenvalue weighted by molar-refractivity contribution is 0.413. The second-order valence-corrected chi connectivity index (χ2v) is 5.94. The molecule has 0 aromatic heterocycles. The number of rotatable bonds is 3. The van der Waals surface area contributed by atoms with Crippen LogP contribution >= 0.6 is 0 Å². The zero-order valence-corrected chi connectivity index (χ0v) is 12.1. The second-order valence-electron chi connectivity index (χ2n) is 5.94. The van der Waals surface area contributed by atoms with E-state index in [0.29, 0.717) is 6.04 Å². The Morgan fingerprint density at radius 2 is 1.72 bits per heavy atom. The number of aryl methyl sites for hydroxylation is 2. The van der Waals surface area contributed by atoms with Crippen molar-refractivity contribution in [3.63, 3.8) is 0 Å². The molecule has 1 aliphatic rings. The van der Waals surface area contributed by atoms with Crippen LogP contribution < -0.4 is 5.32 Å². The molecule has 18 heavy (non-hydrogen) atoms. The van der Waals surface area contributed by atoms with Crippen molar-refractivity contribution in [2.75, 3.05) is 0 Å². The first kappa shape index (κ1) is 13.6. The van der Waals surface area contributed by atoms with Gasteiger partial charge in [-0.3, -0.25) is 0 Å². The maximum absolute atomic E-state index is 3.84. The summed E-state index contributed by atoms with van der Waals surface area (Å²) in [5.41, 5.74) is 4.25. The van der Waals surface area contributed by atoms with Gasteiger partial charge < -0.3 is 5.32 Å². The first-order valence-corrected chi connectivity index (χ1v) is 7.50. The van der Waals surface area contributed by atoms with Crippen molar-refractivity contribution in [1.82, 2.24) is 5.32 Å². The molecule has 1 nitrogen and oxygen atoms in total. The predicted octanol–water partition coefficient (Wildman–Crippen LogP) is 4.68. The molecule has 0 saturated heterocycles. The molecule has 1 aromatic rings. The number of nitrogens with one attached hydrogen (secondary N) is 1. The Kier molecular flexibility index (Phi) is 4.82. The molecule has 1 aliphatic carbocycles. The lowest BCUT2D eigenvalue weighted by Crippen LogP contribution is -2.31. The smallest absolute Gasteiger partial charge is 0.0297 e. The fraction of sp³-hybridized carbons (Fsp3) is 0.647. The quantitative estimate of drug-likeness (QED) is 0.763. The molecule has 1 aromatic carbocycles. The largest absolute Gasteiger partial charge is 0.307 e.